The standard InChI is InChI=1S/C28H27N3O3S/c1-2-19-9-3-5-11-22(19)29-26(32)18-31-23-17-20(27(33)30-15-7-8-16-30)13-14-25(23)35-24-12-6-4-10-21(24)28(31)34/h3-6,9-14,17H,2,7-8,15-16,18H2,1H3,(H,29,32). The Morgan fingerprint density at radius 3 is 2.49 bits per heavy atom. The molecule has 0 aliphatic carbocycles. The van der Waals surface area contributed by atoms with E-state index < -0.39 is 0 Å². The van der Waals surface area contributed by atoms with Crippen molar-refractivity contribution >= 4 is 40.9 Å². The number of hydrogen-bond acceptors (Lipinski definition) is 4. The normalized spacial score (nSPS) is 14.8. The van der Waals surface area contributed by atoms with E-state index in [1.807, 2.05) is 66.4 Å². The monoisotopic (exact) mass is 485 g/mol. The van der Waals surface area contributed by atoms with Crippen LogP contribution in [0.2, 0.25) is 0 Å². The lowest BCUT2D eigenvalue weighted by Crippen LogP contribution is -2.38. The van der Waals surface area contributed by atoms with Crippen molar-refractivity contribution in [1.82, 2.24) is 4.90 Å². The van der Waals surface area contributed by atoms with Gasteiger partial charge in [0.15, 0.2) is 0 Å². The van der Waals surface area contributed by atoms with Crippen LogP contribution >= 0.6 is 11.8 Å². The second-order valence-electron chi connectivity index (χ2n) is 8.73. The van der Waals surface area contributed by atoms with Crippen molar-refractivity contribution < 1.29 is 14.4 Å². The summed E-state index contributed by atoms with van der Waals surface area (Å²) in [6.45, 7) is 3.38. The van der Waals surface area contributed by atoms with E-state index in [0.29, 0.717) is 16.8 Å². The number of nitrogens with zero attached hydrogens (tertiary/aromatic N) is 2. The van der Waals surface area contributed by atoms with Gasteiger partial charge in [-0.15, -0.1) is 0 Å². The fraction of sp³-hybridized carbons (Fsp3) is 0.250. The van der Waals surface area contributed by atoms with Crippen LogP contribution in [-0.4, -0.2) is 42.3 Å². The third-order valence-corrected chi connectivity index (χ3v) is 7.59. The van der Waals surface area contributed by atoms with Gasteiger partial charge in [0.05, 0.1) is 11.3 Å². The summed E-state index contributed by atoms with van der Waals surface area (Å²) in [6.07, 6.45) is 2.80. The molecular formula is C28H27N3O3S. The summed E-state index contributed by atoms with van der Waals surface area (Å²) in [6, 6.07) is 20.5. The number of rotatable bonds is 5. The van der Waals surface area contributed by atoms with E-state index in [1.165, 1.54) is 16.7 Å². The number of carbonyl (C=O) groups excluding carboxylic acids is 3. The predicted octanol–water partition coefficient (Wildman–Crippen LogP) is 5.24. The maximum absolute atomic E-state index is 13.7. The molecule has 2 aliphatic rings. The number of aryl methyl sites for hydroxylation is 1. The summed E-state index contributed by atoms with van der Waals surface area (Å²) in [4.78, 5) is 45.0. The Labute approximate surface area is 209 Å². The number of hydrogen-bond donors (Lipinski definition) is 1. The molecule has 7 heteroatoms. The third-order valence-electron chi connectivity index (χ3n) is 6.45. The summed E-state index contributed by atoms with van der Waals surface area (Å²) >= 11 is 1.48. The molecule has 0 unspecified atom stereocenters. The zero-order chi connectivity index (χ0) is 24.4. The van der Waals surface area contributed by atoms with E-state index in [2.05, 4.69) is 5.32 Å². The van der Waals surface area contributed by atoms with Crippen molar-refractivity contribution in [1.29, 1.82) is 0 Å². The van der Waals surface area contributed by atoms with Crippen molar-refractivity contribution in [2.24, 2.45) is 0 Å². The molecule has 3 amide bonds. The van der Waals surface area contributed by atoms with Crippen molar-refractivity contribution in [3.05, 3.63) is 83.4 Å². The Balaban J connectivity index is 1.50. The molecule has 1 saturated heterocycles. The minimum atomic E-state index is -0.286. The molecule has 0 atom stereocenters. The maximum Gasteiger partial charge on any atom is 0.259 e. The number of carbonyl (C=O) groups is 3. The quantitative estimate of drug-likeness (QED) is 0.537. The van der Waals surface area contributed by atoms with Crippen LogP contribution in [0.15, 0.2) is 76.5 Å². The molecule has 178 valence electrons. The summed E-state index contributed by atoms with van der Waals surface area (Å²) < 4.78 is 0. The largest absolute Gasteiger partial charge is 0.339 e. The van der Waals surface area contributed by atoms with Crippen LogP contribution in [0.25, 0.3) is 0 Å². The molecule has 0 spiro atoms. The van der Waals surface area contributed by atoms with Crippen LogP contribution in [0.4, 0.5) is 11.4 Å². The van der Waals surface area contributed by atoms with E-state index >= 15 is 0 Å². The average molecular weight is 486 g/mol. The van der Waals surface area contributed by atoms with Crippen molar-refractivity contribution in [3.63, 3.8) is 0 Å². The lowest BCUT2D eigenvalue weighted by atomic mass is 10.1. The fourth-order valence-electron chi connectivity index (χ4n) is 4.60. The van der Waals surface area contributed by atoms with E-state index in [-0.39, 0.29) is 24.3 Å². The van der Waals surface area contributed by atoms with Gasteiger partial charge in [-0.1, -0.05) is 49.0 Å². The van der Waals surface area contributed by atoms with Gasteiger partial charge >= 0.3 is 0 Å². The van der Waals surface area contributed by atoms with Gasteiger partial charge in [0.2, 0.25) is 5.91 Å². The third kappa shape index (κ3) is 4.68. The molecule has 6 nitrogen and oxygen atoms in total. The minimum absolute atomic E-state index is 0.0363. The highest BCUT2D eigenvalue weighted by molar-refractivity contribution is 7.99. The van der Waals surface area contributed by atoms with Crippen LogP contribution in [0.5, 0.6) is 0 Å². The number of para-hydroxylation sites is 1. The molecule has 0 aromatic heterocycles. The van der Waals surface area contributed by atoms with Crippen LogP contribution in [0.3, 0.4) is 0 Å². The molecule has 2 heterocycles. The summed E-state index contributed by atoms with van der Waals surface area (Å²) in [5.41, 5.74) is 3.44. The summed E-state index contributed by atoms with van der Waals surface area (Å²) in [7, 11) is 0. The van der Waals surface area contributed by atoms with Gasteiger partial charge in [0.25, 0.3) is 11.8 Å². The lowest BCUT2D eigenvalue weighted by molar-refractivity contribution is -0.114. The Kier molecular flexibility index (Phi) is 6.59. The smallest absolute Gasteiger partial charge is 0.259 e. The maximum atomic E-state index is 13.7. The Hall–Kier alpha value is -3.58. The van der Waals surface area contributed by atoms with Crippen LogP contribution < -0.4 is 10.2 Å². The van der Waals surface area contributed by atoms with Gasteiger partial charge in [0.1, 0.15) is 6.54 Å². The van der Waals surface area contributed by atoms with Gasteiger partial charge in [-0.2, -0.15) is 0 Å². The summed E-state index contributed by atoms with van der Waals surface area (Å²) in [5, 5.41) is 2.97. The second kappa shape index (κ2) is 9.96. The van der Waals surface area contributed by atoms with Gasteiger partial charge < -0.3 is 10.2 Å². The predicted molar refractivity (Wildman–Crippen MR) is 138 cm³/mol. The van der Waals surface area contributed by atoms with Crippen molar-refractivity contribution in [3.8, 4) is 0 Å². The zero-order valence-corrected chi connectivity index (χ0v) is 20.4. The molecule has 3 aromatic carbocycles. The van der Waals surface area contributed by atoms with Crippen LogP contribution in [0, 0.1) is 0 Å². The molecule has 35 heavy (non-hydrogen) atoms. The Bertz CT molecular complexity index is 1300. The SMILES string of the molecule is CCc1ccccc1NC(=O)CN1C(=O)c2ccccc2Sc2ccc(C(=O)N3CCCC3)cc21. The number of anilines is 2. The number of amides is 3. The summed E-state index contributed by atoms with van der Waals surface area (Å²) in [5.74, 6) is -0.576. The number of likely N-dealkylation sites (tertiary alicyclic amines) is 1. The van der Waals surface area contributed by atoms with Gasteiger partial charge in [-0.3, -0.25) is 19.3 Å². The molecule has 5 rings (SSSR count). The fourth-order valence-corrected chi connectivity index (χ4v) is 5.66. The number of benzene rings is 3. The first-order valence-electron chi connectivity index (χ1n) is 11.9. The van der Waals surface area contributed by atoms with Gasteiger partial charge in [-0.25, -0.2) is 0 Å². The number of fused-ring (bicyclic) bond motifs is 2. The van der Waals surface area contributed by atoms with Crippen LogP contribution in [0.1, 0.15) is 46.0 Å². The highest BCUT2D eigenvalue weighted by Crippen LogP contribution is 2.42. The molecule has 0 radical (unpaired) electrons. The first-order chi connectivity index (χ1) is 17.0. The van der Waals surface area contributed by atoms with Crippen LogP contribution in [-0.2, 0) is 11.2 Å². The van der Waals surface area contributed by atoms with E-state index in [0.717, 1.165) is 53.4 Å². The lowest BCUT2D eigenvalue weighted by Gasteiger charge is -2.24. The van der Waals surface area contributed by atoms with Crippen molar-refractivity contribution in [2.45, 2.75) is 36.0 Å². The highest BCUT2D eigenvalue weighted by Gasteiger charge is 2.30. The molecule has 1 N–H and O–H groups in total. The molecule has 0 bridgehead atoms. The van der Waals surface area contributed by atoms with E-state index in [4.69, 9.17) is 0 Å². The molecule has 3 aromatic rings. The molecule has 2 aliphatic heterocycles. The van der Waals surface area contributed by atoms with E-state index in [1.54, 1.807) is 12.1 Å². The highest BCUT2D eigenvalue weighted by atomic mass is 32.2. The number of nitrogens with one attached hydrogen (secondary N) is 1. The minimum Gasteiger partial charge on any atom is -0.339 e. The van der Waals surface area contributed by atoms with E-state index in [9.17, 15) is 14.4 Å². The van der Waals surface area contributed by atoms with Gasteiger partial charge in [0, 0.05) is 34.1 Å². The molecule has 1 fully saturated rings. The van der Waals surface area contributed by atoms with Crippen molar-refractivity contribution in [2.75, 3.05) is 29.9 Å². The zero-order valence-electron chi connectivity index (χ0n) is 19.6. The molecule has 0 saturated carbocycles. The molecular weight excluding hydrogens is 458 g/mol. The second-order valence-corrected chi connectivity index (χ2v) is 9.81. The first kappa shape index (κ1) is 23.2. The average Bonchev–Trinajstić information content (AvgIpc) is 3.39. The first-order valence-corrected chi connectivity index (χ1v) is 12.8. The van der Waals surface area contributed by atoms with Gasteiger partial charge in [-0.05, 0) is 61.2 Å². The Morgan fingerprint density at radius 1 is 0.943 bits per heavy atom. The Morgan fingerprint density at radius 2 is 1.69 bits per heavy atom. The topological polar surface area (TPSA) is 69.7 Å².